The van der Waals surface area contributed by atoms with Gasteiger partial charge in [-0.25, -0.2) is 8.42 Å². The topological polar surface area (TPSA) is 101 Å². The minimum atomic E-state index is -3.99. The minimum Gasteiger partial charge on any atom is -0.392 e. The Kier molecular flexibility index (Phi) is 3.77. The molecule has 104 valence electrons. The average Bonchev–Trinajstić information content (AvgIpc) is 2.76. The van der Waals surface area contributed by atoms with E-state index in [9.17, 15) is 23.6 Å². The Hall–Kier alpha value is -1.22. The predicted octanol–water partition coefficient (Wildman–Crippen LogP) is 1.00. The van der Waals surface area contributed by atoms with Crippen LogP contribution < -0.4 is 0 Å². The molecule has 1 aromatic carbocycles. The number of nitro groups is 1. The maximum Gasteiger partial charge on any atom is 0.290 e. The maximum atomic E-state index is 12.3. The molecule has 1 aliphatic heterocycles. The fourth-order valence-electron chi connectivity index (χ4n) is 1.92. The van der Waals surface area contributed by atoms with Crippen molar-refractivity contribution in [1.82, 2.24) is 4.31 Å². The lowest BCUT2D eigenvalue weighted by Crippen LogP contribution is -2.30. The summed E-state index contributed by atoms with van der Waals surface area (Å²) in [5.41, 5.74) is -0.561. The largest absolute Gasteiger partial charge is 0.392 e. The van der Waals surface area contributed by atoms with Gasteiger partial charge in [-0.05, 0) is 18.6 Å². The molecule has 19 heavy (non-hydrogen) atoms. The monoisotopic (exact) mass is 306 g/mol. The molecule has 1 fully saturated rings. The highest BCUT2D eigenvalue weighted by Gasteiger charge is 2.35. The zero-order chi connectivity index (χ0) is 14.2. The van der Waals surface area contributed by atoms with E-state index < -0.39 is 31.6 Å². The molecule has 1 aliphatic rings. The molecule has 0 spiro atoms. The maximum absolute atomic E-state index is 12.3. The van der Waals surface area contributed by atoms with Crippen molar-refractivity contribution in [2.24, 2.45) is 0 Å². The third-order valence-corrected chi connectivity index (χ3v) is 5.01. The molecular formula is C10H11ClN2O5S. The molecule has 7 nitrogen and oxygen atoms in total. The summed E-state index contributed by atoms with van der Waals surface area (Å²) in [6.07, 6.45) is -0.415. The van der Waals surface area contributed by atoms with Crippen molar-refractivity contribution < 1.29 is 18.4 Å². The second-order valence-electron chi connectivity index (χ2n) is 4.17. The summed E-state index contributed by atoms with van der Waals surface area (Å²) < 4.78 is 25.6. The molecule has 9 heteroatoms. The third kappa shape index (κ3) is 2.71. The second-order valence-corrected chi connectivity index (χ2v) is 6.52. The summed E-state index contributed by atoms with van der Waals surface area (Å²) in [7, 11) is -3.99. The summed E-state index contributed by atoms with van der Waals surface area (Å²) in [5, 5.41) is 20.4. The van der Waals surface area contributed by atoms with Gasteiger partial charge in [0.05, 0.1) is 11.0 Å². The van der Waals surface area contributed by atoms with Crippen molar-refractivity contribution in [1.29, 1.82) is 0 Å². The number of aliphatic hydroxyl groups is 1. The number of halogens is 1. The molecule has 0 aromatic heterocycles. The number of hydrogen-bond donors (Lipinski definition) is 1. The molecule has 0 amide bonds. The van der Waals surface area contributed by atoms with Gasteiger partial charge in [0.2, 0.25) is 10.0 Å². The van der Waals surface area contributed by atoms with E-state index in [-0.39, 0.29) is 18.1 Å². The van der Waals surface area contributed by atoms with E-state index in [2.05, 4.69) is 0 Å². The first-order valence-corrected chi connectivity index (χ1v) is 7.26. The van der Waals surface area contributed by atoms with Gasteiger partial charge in [0, 0.05) is 24.2 Å². The lowest BCUT2D eigenvalue weighted by Gasteiger charge is -2.15. The molecule has 1 aromatic rings. The van der Waals surface area contributed by atoms with Crippen molar-refractivity contribution in [3.8, 4) is 0 Å². The van der Waals surface area contributed by atoms with Crippen LogP contribution in [0.3, 0.4) is 0 Å². The molecule has 0 aliphatic carbocycles. The van der Waals surface area contributed by atoms with Crippen molar-refractivity contribution >= 4 is 27.3 Å². The van der Waals surface area contributed by atoms with Gasteiger partial charge in [-0.2, -0.15) is 4.31 Å². The molecule has 2 rings (SSSR count). The molecule has 1 saturated heterocycles. The van der Waals surface area contributed by atoms with Gasteiger partial charge in [-0.3, -0.25) is 10.1 Å². The van der Waals surface area contributed by atoms with E-state index in [0.717, 1.165) is 16.4 Å². The molecule has 1 atom stereocenters. The summed E-state index contributed by atoms with van der Waals surface area (Å²) in [6, 6.07) is 3.40. The molecule has 0 bridgehead atoms. The molecule has 1 heterocycles. The van der Waals surface area contributed by atoms with Gasteiger partial charge in [-0.1, -0.05) is 11.6 Å². The van der Waals surface area contributed by atoms with E-state index in [1.54, 1.807) is 0 Å². The normalized spacial score (nSPS) is 20.6. The smallest absolute Gasteiger partial charge is 0.290 e. The predicted molar refractivity (Wildman–Crippen MR) is 67.5 cm³/mol. The molecular weight excluding hydrogens is 296 g/mol. The van der Waals surface area contributed by atoms with Crippen molar-refractivity contribution in [2.45, 2.75) is 17.4 Å². The number of nitrogens with zero attached hydrogens (tertiary/aromatic N) is 2. The van der Waals surface area contributed by atoms with Gasteiger partial charge in [0.1, 0.15) is 0 Å². The number of aliphatic hydroxyl groups excluding tert-OH is 1. The van der Waals surface area contributed by atoms with Crippen LogP contribution in [-0.2, 0) is 10.0 Å². The SMILES string of the molecule is O=[N+]([O-])c1cc(Cl)ccc1S(=O)(=O)N1CC[C@@H](O)C1. The van der Waals surface area contributed by atoms with Gasteiger partial charge in [-0.15, -0.1) is 0 Å². The van der Waals surface area contributed by atoms with Crippen LogP contribution in [0, 0.1) is 10.1 Å². The van der Waals surface area contributed by atoms with E-state index in [1.165, 1.54) is 6.07 Å². The summed E-state index contributed by atoms with van der Waals surface area (Å²) in [6.45, 7) is 0.0887. The van der Waals surface area contributed by atoms with Gasteiger partial charge >= 0.3 is 0 Å². The van der Waals surface area contributed by atoms with Crippen LogP contribution in [0.5, 0.6) is 0 Å². The number of sulfonamides is 1. The van der Waals surface area contributed by atoms with E-state index in [1.807, 2.05) is 0 Å². The van der Waals surface area contributed by atoms with Crippen LogP contribution in [-0.4, -0.2) is 41.9 Å². The number of nitro benzene ring substituents is 1. The quantitative estimate of drug-likeness (QED) is 0.663. The van der Waals surface area contributed by atoms with Gasteiger partial charge in [0.25, 0.3) is 5.69 Å². The molecule has 0 saturated carbocycles. The zero-order valence-electron chi connectivity index (χ0n) is 9.69. The lowest BCUT2D eigenvalue weighted by molar-refractivity contribution is -0.387. The van der Waals surface area contributed by atoms with Crippen LogP contribution in [0.2, 0.25) is 5.02 Å². The molecule has 0 radical (unpaired) electrons. The first-order chi connectivity index (χ1) is 8.82. The number of hydrogen-bond acceptors (Lipinski definition) is 5. The van der Waals surface area contributed by atoms with Crippen LogP contribution in [0.15, 0.2) is 23.1 Å². The summed E-state index contributed by atoms with van der Waals surface area (Å²) in [4.78, 5) is 9.72. The van der Waals surface area contributed by atoms with Crippen LogP contribution in [0.4, 0.5) is 5.69 Å². The summed E-state index contributed by atoms with van der Waals surface area (Å²) >= 11 is 5.64. The molecule has 0 unspecified atom stereocenters. The van der Waals surface area contributed by atoms with E-state index >= 15 is 0 Å². The Morgan fingerprint density at radius 1 is 1.47 bits per heavy atom. The van der Waals surface area contributed by atoms with Gasteiger partial charge < -0.3 is 5.11 Å². The Bertz CT molecular complexity index is 618. The Balaban J connectivity index is 2.49. The van der Waals surface area contributed by atoms with Crippen molar-refractivity contribution in [2.75, 3.05) is 13.1 Å². The second kappa shape index (κ2) is 5.04. The number of β-amino-alcohol motifs (C(OH)–C–C–N with tert-alkyl or cyclic N) is 1. The lowest BCUT2D eigenvalue weighted by atomic mass is 10.3. The Morgan fingerprint density at radius 3 is 2.68 bits per heavy atom. The first kappa shape index (κ1) is 14.2. The Morgan fingerprint density at radius 2 is 2.16 bits per heavy atom. The number of rotatable bonds is 3. The summed E-state index contributed by atoms with van der Waals surface area (Å²) in [5.74, 6) is 0. The van der Waals surface area contributed by atoms with Crippen molar-refractivity contribution in [3.05, 3.63) is 33.3 Å². The molecule has 1 N–H and O–H groups in total. The van der Waals surface area contributed by atoms with Crippen molar-refractivity contribution in [3.63, 3.8) is 0 Å². The Labute approximate surface area is 114 Å². The highest BCUT2D eigenvalue weighted by atomic mass is 35.5. The van der Waals surface area contributed by atoms with Crippen LogP contribution in [0.1, 0.15) is 6.42 Å². The van der Waals surface area contributed by atoms with Crippen LogP contribution >= 0.6 is 11.6 Å². The van der Waals surface area contributed by atoms with Gasteiger partial charge in [0.15, 0.2) is 4.90 Å². The van der Waals surface area contributed by atoms with E-state index in [0.29, 0.717) is 6.42 Å². The van der Waals surface area contributed by atoms with E-state index in [4.69, 9.17) is 11.6 Å². The zero-order valence-corrected chi connectivity index (χ0v) is 11.3. The fourth-order valence-corrected chi connectivity index (χ4v) is 3.72. The van der Waals surface area contributed by atoms with Crippen LogP contribution in [0.25, 0.3) is 0 Å². The number of benzene rings is 1. The first-order valence-electron chi connectivity index (χ1n) is 5.44. The average molecular weight is 307 g/mol. The standard InChI is InChI=1S/C10H11ClN2O5S/c11-7-1-2-10(9(5-7)13(15)16)19(17,18)12-4-3-8(14)6-12/h1-2,5,8,14H,3-4,6H2/t8-/m1/s1. The third-order valence-electron chi connectivity index (χ3n) is 2.86. The highest BCUT2D eigenvalue weighted by molar-refractivity contribution is 7.89. The fraction of sp³-hybridized carbons (Fsp3) is 0.400. The highest BCUT2D eigenvalue weighted by Crippen LogP contribution is 2.30. The minimum absolute atomic E-state index is 0.0535.